The molecule has 5 heteroatoms. The third-order valence-electron chi connectivity index (χ3n) is 6.41. The number of Topliss-reactive ketones (excluding diaryl/α,β-unsaturated/α-hetero) is 1. The summed E-state index contributed by atoms with van der Waals surface area (Å²) in [6.07, 6.45) is -0.0901. The Morgan fingerprint density at radius 1 is 0.867 bits per heavy atom. The largest absolute Gasteiger partial charge is 0.378 e. The SMILES string of the molecule is CN(C)c1ccc([C@]23CC(=O)N(c4ccccc4)C2(O)c2ccccc2C3=O)cc1. The fourth-order valence-corrected chi connectivity index (χ4v) is 4.99. The van der Waals surface area contributed by atoms with Gasteiger partial charge < -0.3 is 10.0 Å². The third-order valence-corrected chi connectivity index (χ3v) is 6.41. The molecule has 0 spiro atoms. The molecule has 30 heavy (non-hydrogen) atoms. The number of nitrogens with zero attached hydrogens (tertiary/aromatic N) is 2. The fraction of sp³-hybridized carbons (Fsp3) is 0.200. The molecule has 0 aromatic heterocycles. The van der Waals surface area contributed by atoms with Crippen molar-refractivity contribution in [3.63, 3.8) is 0 Å². The lowest BCUT2D eigenvalue weighted by Crippen LogP contribution is -2.53. The highest BCUT2D eigenvalue weighted by molar-refractivity contribution is 6.18. The highest BCUT2D eigenvalue weighted by Crippen LogP contribution is 2.60. The van der Waals surface area contributed by atoms with Crippen molar-refractivity contribution in [3.05, 3.63) is 95.6 Å². The number of benzene rings is 3. The maximum atomic E-state index is 13.8. The number of anilines is 2. The molecule has 1 amide bonds. The summed E-state index contributed by atoms with van der Waals surface area (Å²) in [4.78, 5) is 30.5. The van der Waals surface area contributed by atoms with Crippen molar-refractivity contribution >= 4 is 23.1 Å². The molecule has 0 bridgehead atoms. The predicted molar refractivity (Wildman–Crippen MR) is 116 cm³/mol. The number of para-hydroxylation sites is 1. The van der Waals surface area contributed by atoms with Crippen LogP contribution < -0.4 is 9.80 Å². The smallest absolute Gasteiger partial charge is 0.231 e. The van der Waals surface area contributed by atoms with Gasteiger partial charge in [-0.3, -0.25) is 14.5 Å². The van der Waals surface area contributed by atoms with E-state index in [1.807, 2.05) is 61.5 Å². The van der Waals surface area contributed by atoms with Crippen molar-refractivity contribution in [3.8, 4) is 0 Å². The second-order valence-corrected chi connectivity index (χ2v) is 8.14. The highest BCUT2D eigenvalue weighted by atomic mass is 16.3. The third kappa shape index (κ3) is 2.15. The van der Waals surface area contributed by atoms with Crippen LogP contribution in [0, 0.1) is 0 Å². The summed E-state index contributed by atoms with van der Waals surface area (Å²) in [5, 5.41) is 12.3. The van der Waals surface area contributed by atoms with Crippen LogP contribution in [0.2, 0.25) is 0 Å². The highest BCUT2D eigenvalue weighted by Gasteiger charge is 2.72. The molecule has 150 valence electrons. The molecular weight excluding hydrogens is 376 g/mol. The van der Waals surface area contributed by atoms with Crippen LogP contribution in [0.1, 0.15) is 27.9 Å². The van der Waals surface area contributed by atoms with Crippen LogP contribution in [0.3, 0.4) is 0 Å². The van der Waals surface area contributed by atoms with Gasteiger partial charge in [0.1, 0.15) is 5.41 Å². The average molecular weight is 398 g/mol. The van der Waals surface area contributed by atoms with Crippen LogP contribution in [0.5, 0.6) is 0 Å². The summed E-state index contributed by atoms with van der Waals surface area (Å²) in [5.41, 5.74) is -0.0602. The van der Waals surface area contributed by atoms with Gasteiger partial charge in [0, 0.05) is 43.0 Å². The first-order valence-corrected chi connectivity index (χ1v) is 9.94. The van der Waals surface area contributed by atoms with Crippen molar-refractivity contribution in [2.24, 2.45) is 0 Å². The number of hydrogen-bond donors (Lipinski definition) is 1. The number of carbonyl (C=O) groups is 2. The van der Waals surface area contributed by atoms with Gasteiger partial charge in [0.15, 0.2) is 11.5 Å². The zero-order valence-corrected chi connectivity index (χ0v) is 16.9. The molecule has 2 atom stereocenters. The Kier molecular flexibility index (Phi) is 3.89. The Hall–Kier alpha value is -3.44. The minimum absolute atomic E-state index is 0.0901. The molecule has 1 saturated heterocycles. The minimum Gasteiger partial charge on any atom is -0.378 e. The van der Waals surface area contributed by atoms with E-state index in [0.717, 1.165) is 5.69 Å². The Morgan fingerprint density at radius 3 is 2.17 bits per heavy atom. The molecule has 1 fully saturated rings. The van der Waals surface area contributed by atoms with Gasteiger partial charge in [0.25, 0.3) is 0 Å². The van der Waals surface area contributed by atoms with Gasteiger partial charge >= 0.3 is 0 Å². The molecule has 3 aromatic carbocycles. The predicted octanol–water partition coefficient (Wildman–Crippen LogP) is 3.47. The normalized spacial score (nSPS) is 24.7. The standard InChI is InChI=1S/C25H22N2O3/c1-26(2)18-14-12-17(13-15-18)24-16-22(28)27(19-8-4-3-5-9-19)25(24,30)21-11-7-6-10-20(21)23(24)29/h3-15,30H,16H2,1-2H3/t24-,25?/m0/s1. The minimum atomic E-state index is -1.79. The van der Waals surface area contributed by atoms with Crippen LogP contribution >= 0.6 is 0 Å². The Labute approximate surface area is 175 Å². The van der Waals surface area contributed by atoms with Crippen LogP contribution in [-0.4, -0.2) is 30.9 Å². The van der Waals surface area contributed by atoms with Gasteiger partial charge in [-0.05, 0) is 29.8 Å². The maximum Gasteiger partial charge on any atom is 0.231 e. The molecule has 1 aliphatic heterocycles. The van der Waals surface area contributed by atoms with E-state index in [4.69, 9.17) is 0 Å². The van der Waals surface area contributed by atoms with Crippen molar-refractivity contribution in [2.75, 3.05) is 23.9 Å². The lowest BCUT2D eigenvalue weighted by atomic mass is 9.71. The Balaban J connectivity index is 1.79. The number of ketones is 1. The number of amides is 1. The van der Waals surface area contributed by atoms with Crippen molar-refractivity contribution in [2.45, 2.75) is 17.6 Å². The van der Waals surface area contributed by atoms with Crippen LogP contribution in [-0.2, 0) is 15.9 Å². The number of fused-ring (bicyclic) bond motifs is 3. The number of rotatable bonds is 3. The molecule has 1 aliphatic carbocycles. The molecule has 1 heterocycles. The zero-order valence-electron chi connectivity index (χ0n) is 16.9. The van der Waals surface area contributed by atoms with Crippen molar-refractivity contribution in [1.82, 2.24) is 0 Å². The molecule has 1 unspecified atom stereocenters. The summed E-state index contributed by atoms with van der Waals surface area (Å²) in [6.45, 7) is 0. The number of carbonyl (C=O) groups excluding carboxylic acids is 2. The van der Waals surface area contributed by atoms with Gasteiger partial charge in [-0.2, -0.15) is 0 Å². The van der Waals surface area contributed by atoms with Crippen molar-refractivity contribution in [1.29, 1.82) is 0 Å². The quantitative estimate of drug-likeness (QED) is 0.734. The summed E-state index contributed by atoms with van der Waals surface area (Å²) in [6, 6.07) is 23.7. The molecule has 5 rings (SSSR count). The molecule has 5 nitrogen and oxygen atoms in total. The first-order chi connectivity index (χ1) is 14.4. The van der Waals surface area contributed by atoms with E-state index in [9.17, 15) is 14.7 Å². The molecule has 2 aliphatic rings. The summed E-state index contributed by atoms with van der Waals surface area (Å²) < 4.78 is 0. The van der Waals surface area contributed by atoms with Gasteiger partial charge in [-0.1, -0.05) is 54.6 Å². The van der Waals surface area contributed by atoms with Gasteiger partial charge in [-0.25, -0.2) is 0 Å². The lowest BCUT2D eigenvalue weighted by molar-refractivity contribution is -0.118. The van der Waals surface area contributed by atoms with E-state index in [0.29, 0.717) is 22.4 Å². The topological polar surface area (TPSA) is 60.9 Å². The van der Waals surface area contributed by atoms with Crippen LogP contribution in [0.4, 0.5) is 11.4 Å². The summed E-state index contributed by atoms with van der Waals surface area (Å²) >= 11 is 0. The van der Waals surface area contributed by atoms with E-state index in [-0.39, 0.29) is 18.1 Å². The second kappa shape index (κ2) is 6.28. The average Bonchev–Trinajstić information content (AvgIpc) is 3.12. The molecule has 3 aromatic rings. The molecular formula is C25H22N2O3. The van der Waals surface area contributed by atoms with Crippen molar-refractivity contribution < 1.29 is 14.7 Å². The van der Waals surface area contributed by atoms with Gasteiger partial charge in [-0.15, -0.1) is 0 Å². The van der Waals surface area contributed by atoms with Crippen LogP contribution in [0.15, 0.2) is 78.9 Å². The molecule has 1 N–H and O–H groups in total. The lowest BCUT2D eigenvalue weighted by Gasteiger charge is -2.40. The second-order valence-electron chi connectivity index (χ2n) is 8.14. The number of aliphatic hydroxyl groups is 1. The molecule has 0 radical (unpaired) electrons. The number of hydrogen-bond acceptors (Lipinski definition) is 4. The van der Waals surface area contributed by atoms with E-state index < -0.39 is 11.1 Å². The van der Waals surface area contributed by atoms with E-state index in [1.165, 1.54) is 4.90 Å². The Morgan fingerprint density at radius 2 is 1.50 bits per heavy atom. The van der Waals surface area contributed by atoms with Gasteiger partial charge in [0.2, 0.25) is 5.91 Å². The summed E-state index contributed by atoms with van der Waals surface area (Å²) in [5.74, 6) is -0.492. The monoisotopic (exact) mass is 398 g/mol. The van der Waals surface area contributed by atoms with Gasteiger partial charge in [0.05, 0.1) is 0 Å². The van der Waals surface area contributed by atoms with E-state index >= 15 is 0 Å². The molecule has 0 saturated carbocycles. The van der Waals surface area contributed by atoms with E-state index in [1.54, 1.807) is 36.4 Å². The maximum absolute atomic E-state index is 13.8. The first kappa shape index (κ1) is 18.6. The van der Waals surface area contributed by atoms with Crippen LogP contribution in [0.25, 0.3) is 0 Å². The fourth-order valence-electron chi connectivity index (χ4n) is 4.99. The zero-order chi connectivity index (χ0) is 21.1. The van der Waals surface area contributed by atoms with E-state index in [2.05, 4.69) is 0 Å². The summed E-state index contributed by atoms with van der Waals surface area (Å²) in [7, 11) is 3.88. The first-order valence-electron chi connectivity index (χ1n) is 9.94. The Bertz CT molecular complexity index is 1160.